The molecule has 146 valence electrons. The van der Waals surface area contributed by atoms with Crippen molar-refractivity contribution in [3.8, 4) is 0 Å². The van der Waals surface area contributed by atoms with E-state index >= 15 is 0 Å². The second kappa shape index (κ2) is 7.69. The standard InChI is InChI=1S/C19H21N5O3S/c1-12-3-4-14(9-13(12)2)21-15(25)10-24-11-20-17-16(18(24)26)28-19(22-17)23-5-7-27-8-6-23/h3-4,9,11H,5-8,10H2,1-2H3,(H,21,25). The van der Waals surface area contributed by atoms with Crippen LogP contribution >= 0.6 is 11.3 Å². The Kier molecular flexibility index (Phi) is 5.10. The predicted octanol–water partition coefficient (Wildman–Crippen LogP) is 1.95. The molecule has 1 N–H and O–H groups in total. The van der Waals surface area contributed by atoms with Gasteiger partial charge in [-0.1, -0.05) is 17.4 Å². The van der Waals surface area contributed by atoms with E-state index in [9.17, 15) is 9.59 Å². The van der Waals surface area contributed by atoms with E-state index in [4.69, 9.17) is 4.74 Å². The second-order valence-electron chi connectivity index (χ2n) is 6.77. The zero-order chi connectivity index (χ0) is 19.7. The quantitative estimate of drug-likeness (QED) is 0.721. The number of thiazole rings is 1. The average Bonchev–Trinajstić information content (AvgIpc) is 3.13. The minimum absolute atomic E-state index is 0.0977. The molecule has 0 aliphatic carbocycles. The largest absolute Gasteiger partial charge is 0.378 e. The van der Waals surface area contributed by atoms with Crippen LogP contribution in [0.3, 0.4) is 0 Å². The Bertz CT molecular complexity index is 1080. The molecule has 0 radical (unpaired) electrons. The Morgan fingerprint density at radius 2 is 2.04 bits per heavy atom. The van der Waals surface area contributed by atoms with Crippen LogP contribution in [0.4, 0.5) is 10.8 Å². The Labute approximate surface area is 165 Å². The lowest BCUT2D eigenvalue weighted by Gasteiger charge is -2.25. The van der Waals surface area contributed by atoms with Crippen molar-refractivity contribution >= 4 is 38.4 Å². The van der Waals surface area contributed by atoms with Crippen LogP contribution in [0.1, 0.15) is 11.1 Å². The number of anilines is 2. The van der Waals surface area contributed by atoms with Gasteiger partial charge in [0.2, 0.25) is 5.91 Å². The number of hydrogen-bond acceptors (Lipinski definition) is 7. The molecule has 1 aliphatic heterocycles. The Morgan fingerprint density at radius 3 is 2.79 bits per heavy atom. The fourth-order valence-corrected chi connectivity index (χ4v) is 4.03. The van der Waals surface area contributed by atoms with E-state index < -0.39 is 0 Å². The number of amides is 1. The number of nitrogens with zero attached hydrogens (tertiary/aromatic N) is 4. The number of morpholine rings is 1. The van der Waals surface area contributed by atoms with Gasteiger partial charge in [-0.15, -0.1) is 0 Å². The maximum atomic E-state index is 12.8. The number of fused-ring (bicyclic) bond motifs is 1. The molecule has 0 atom stereocenters. The summed E-state index contributed by atoms with van der Waals surface area (Å²) < 4.78 is 7.13. The SMILES string of the molecule is Cc1ccc(NC(=O)Cn2cnc3nc(N4CCOCC4)sc3c2=O)cc1C. The van der Waals surface area contributed by atoms with Crippen LogP contribution in [0.2, 0.25) is 0 Å². The minimum atomic E-state index is -0.274. The minimum Gasteiger partial charge on any atom is -0.378 e. The Morgan fingerprint density at radius 1 is 1.25 bits per heavy atom. The maximum absolute atomic E-state index is 12.8. The smallest absolute Gasteiger partial charge is 0.273 e. The van der Waals surface area contributed by atoms with Crippen molar-refractivity contribution in [2.75, 3.05) is 36.5 Å². The van der Waals surface area contributed by atoms with Crippen molar-refractivity contribution < 1.29 is 9.53 Å². The van der Waals surface area contributed by atoms with Crippen LogP contribution in [0.25, 0.3) is 10.3 Å². The summed E-state index contributed by atoms with van der Waals surface area (Å²) >= 11 is 1.31. The molecule has 28 heavy (non-hydrogen) atoms. The summed E-state index contributed by atoms with van der Waals surface area (Å²) in [5.74, 6) is -0.274. The van der Waals surface area contributed by atoms with E-state index in [-0.39, 0.29) is 18.0 Å². The van der Waals surface area contributed by atoms with Gasteiger partial charge in [-0.3, -0.25) is 14.2 Å². The van der Waals surface area contributed by atoms with E-state index in [0.717, 1.165) is 29.3 Å². The highest BCUT2D eigenvalue weighted by atomic mass is 32.1. The molecular weight excluding hydrogens is 378 g/mol. The average molecular weight is 399 g/mol. The molecule has 9 heteroatoms. The third-order valence-corrected chi connectivity index (χ3v) is 5.85. The molecule has 0 saturated carbocycles. The van der Waals surface area contributed by atoms with E-state index in [2.05, 4.69) is 20.2 Å². The number of carbonyl (C=O) groups excluding carboxylic acids is 1. The van der Waals surface area contributed by atoms with Gasteiger partial charge < -0.3 is 15.0 Å². The molecule has 4 rings (SSSR count). The van der Waals surface area contributed by atoms with E-state index in [0.29, 0.717) is 29.2 Å². The van der Waals surface area contributed by atoms with Crippen molar-refractivity contribution in [2.24, 2.45) is 0 Å². The van der Waals surface area contributed by atoms with Gasteiger partial charge in [-0.2, -0.15) is 4.98 Å². The van der Waals surface area contributed by atoms with Crippen LogP contribution in [0, 0.1) is 13.8 Å². The van der Waals surface area contributed by atoms with Gasteiger partial charge in [0.05, 0.1) is 13.2 Å². The Balaban J connectivity index is 1.53. The van der Waals surface area contributed by atoms with Gasteiger partial charge in [-0.25, -0.2) is 4.98 Å². The first-order valence-corrected chi connectivity index (χ1v) is 9.89. The highest BCUT2D eigenvalue weighted by Gasteiger charge is 2.18. The number of carbonyl (C=O) groups is 1. The summed E-state index contributed by atoms with van der Waals surface area (Å²) in [5.41, 5.74) is 3.13. The molecule has 2 aromatic heterocycles. The van der Waals surface area contributed by atoms with Crippen LogP contribution in [-0.2, 0) is 16.1 Å². The molecule has 0 bridgehead atoms. The molecule has 1 fully saturated rings. The lowest BCUT2D eigenvalue weighted by molar-refractivity contribution is -0.116. The molecule has 3 aromatic rings. The van der Waals surface area contributed by atoms with Gasteiger partial charge in [-0.05, 0) is 37.1 Å². The lowest BCUT2D eigenvalue weighted by atomic mass is 10.1. The van der Waals surface area contributed by atoms with E-state index in [1.165, 1.54) is 22.2 Å². The van der Waals surface area contributed by atoms with Crippen molar-refractivity contribution in [2.45, 2.75) is 20.4 Å². The molecule has 0 unspecified atom stereocenters. The van der Waals surface area contributed by atoms with Gasteiger partial charge in [0.15, 0.2) is 10.8 Å². The fraction of sp³-hybridized carbons (Fsp3) is 0.368. The van der Waals surface area contributed by atoms with Crippen LogP contribution in [0.15, 0.2) is 29.3 Å². The first-order chi connectivity index (χ1) is 13.5. The predicted molar refractivity (Wildman–Crippen MR) is 109 cm³/mol. The number of hydrogen-bond donors (Lipinski definition) is 1. The number of ether oxygens (including phenoxy) is 1. The van der Waals surface area contributed by atoms with Crippen LogP contribution in [0.5, 0.6) is 0 Å². The van der Waals surface area contributed by atoms with Gasteiger partial charge in [0, 0.05) is 18.8 Å². The summed E-state index contributed by atoms with van der Waals surface area (Å²) in [7, 11) is 0. The molecular formula is C19H21N5O3S. The first-order valence-electron chi connectivity index (χ1n) is 9.07. The highest BCUT2D eigenvalue weighted by molar-refractivity contribution is 7.22. The van der Waals surface area contributed by atoms with Crippen molar-refractivity contribution in [1.82, 2.24) is 14.5 Å². The monoisotopic (exact) mass is 399 g/mol. The number of nitrogens with one attached hydrogen (secondary N) is 1. The summed E-state index contributed by atoms with van der Waals surface area (Å²) in [6.07, 6.45) is 1.38. The van der Waals surface area contributed by atoms with Crippen molar-refractivity contribution in [3.05, 3.63) is 46.0 Å². The molecule has 1 aromatic carbocycles. The van der Waals surface area contributed by atoms with Crippen molar-refractivity contribution in [3.63, 3.8) is 0 Å². The third-order valence-electron chi connectivity index (χ3n) is 4.76. The topological polar surface area (TPSA) is 89.3 Å². The molecule has 8 nitrogen and oxygen atoms in total. The number of aromatic nitrogens is 3. The van der Waals surface area contributed by atoms with Crippen molar-refractivity contribution in [1.29, 1.82) is 0 Å². The lowest BCUT2D eigenvalue weighted by Crippen LogP contribution is -2.36. The van der Waals surface area contributed by atoms with Crippen LogP contribution in [-0.4, -0.2) is 46.7 Å². The van der Waals surface area contributed by atoms with Crippen LogP contribution < -0.4 is 15.8 Å². The molecule has 3 heterocycles. The molecule has 1 amide bonds. The number of benzene rings is 1. The summed E-state index contributed by atoms with van der Waals surface area (Å²) in [6.45, 7) is 6.68. The number of aryl methyl sites for hydroxylation is 2. The van der Waals surface area contributed by atoms with Gasteiger partial charge in [0.1, 0.15) is 17.6 Å². The zero-order valence-corrected chi connectivity index (χ0v) is 16.6. The normalized spacial score (nSPS) is 14.4. The first kappa shape index (κ1) is 18.6. The number of rotatable bonds is 4. The molecule has 1 saturated heterocycles. The summed E-state index contributed by atoms with van der Waals surface area (Å²) in [6, 6.07) is 5.71. The molecule has 0 spiro atoms. The summed E-state index contributed by atoms with van der Waals surface area (Å²) in [5, 5.41) is 3.59. The third kappa shape index (κ3) is 3.76. The van der Waals surface area contributed by atoms with Gasteiger partial charge >= 0.3 is 0 Å². The summed E-state index contributed by atoms with van der Waals surface area (Å²) in [4.78, 5) is 36.0. The fourth-order valence-electron chi connectivity index (χ4n) is 3.01. The van der Waals surface area contributed by atoms with Gasteiger partial charge in [0.25, 0.3) is 5.56 Å². The Hall–Kier alpha value is -2.78. The maximum Gasteiger partial charge on any atom is 0.273 e. The zero-order valence-electron chi connectivity index (χ0n) is 15.8. The molecule has 1 aliphatic rings. The highest BCUT2D eigenvalue weighted by Crippen LogP contribution is 2.25. The second-order valence-corrected chi connectivity index (χ2v) is 7.75. The van der Waals surface area contributed by atoms with E-state index in [1.54, 1.807) is 0 Å². The van der Waals surface area contributed by atoms with E-state index in [1.807, 2.05) is 32.0 Å².